The first kappa shape index (κ1) is 6.89. The number of rotatable bonds is 2. The van der Waals surface area contributed by atoms with Gasteiger partial charge in [-0.3, -0.25) is 0 Å². The minimum absolute atomic E-state index is 0.855. The molecule has 1 saturated carbocycles. The van der Waals surface area contributed by atoms with Gasteiger partial charge in [-0.1, -0.05) is 6.42 Å². The predicted molar refractivity (Wildman–Crippen MR) is 42.3 cm³/mol. The Labute approximate surface area is 66.6 Å². The highest BCUT2D eigenvalue weighted by Gasteiger charge is 2.19. The van der Waals surface area contributed by atoms with E-state index in [9.17, 15) is 0 Å². The summed E-state index contributed by atoms with van der Waals surface area (Å²) in [6.07, 6.45) is 6.97. The van der Waals surface area contributed by atoms with E-state index in [0.717, 1.165) is 24.0 Å². The second kappa shape index (κ2) is 2.68. The number of hydrogen-bond donors (Lipinski definition) is 0. The van der Waals surface area contributed by atoms with Crippen LogP contribution in [0.1, 0.15) is 30.9 Å². The maximum absolute atomic E-state index is 5.38. The molecule has 2 heteroatoms. The molecule has 0 spiro atoms. The lowest BCUT2D eigenvalue weighted by Gasteiger charge is -2.23. The topological polar surface area (TPSA) is 26.0 Å². The summed E-state index contributed by atoms with van der Waals surface area (Å²) < 4.78 is 5.38. The number of nitrogens with zero attached hydrogens (tertiary/aromatic N) is 1. The predicted octanol–water partition coefficient (Wildman–Crippen LogP) is 2.33. The van der Waals surface area contributed by atoms with Crippen LogP contribution < -0.4 is 0 Å². The zero-order valence-corrected chi connectivity index (χ0v) is 6.84. The Balaban J connectivity index is 1.95. The van der Waals surface area contributed by atoms with Crippen molar-refractivity contribution in [1.29, 1.82) is 0 Å². The lowest BCUT2D eigenvalue weighted by Crippen LogP contribution is -2.13. The fraction of sp³-hybridized carbons (Fsp3) is 0.667. The summed E-state index contributed by atoms with van der Waals surface area (Å²) >= 11 is 0. The smallest absolute Gasteiger partial charge is 0.194 e. The van der Waals surface area contributed by atoms with E-state index in [1.165, 1.54) is 19.3 Å². The van der Waals surface area contributed by atoms with Crippen LogP contribution in [0.15, 0.2) is 10.6 Å². The zero-order valence-electron chi connectivity index (χ0n) is 6.84. The molecular formula is C9H13NO. The molecule has 0 aromatic carbocycles. The Morgan fingerprint density at radius 3 is 2.91 bits per heavy atom. The zero-order chi connectivity index (χ0) is 7.68. The van der Waals surface area contributed by atoms with Crippen LogP contribution in [0.4, 0.5) is 0 Å². The van der Waals surface area contributed by atoms with Crippen molar-refractivity contribution in [3.05, 3.63) is 17.8 Å². The minimum Gasteiger partial charge on any atom is -0.446 e. The molecule has 1 heterocycles. The molecule has 60 valence electrons. The number of hydrogen-bond acceptors (Lipinski definition) is 2. The van der Waals surface area contributed by atoms with E-state index < -0.39 is 0 Å². The van der Waals surface area contributed by atoms with Gasteiger partial charge in [0.15, 0.2) is 5.89 Å². The second-order valence-electron chi connectivity index (χ2n) is 3.37. The molecule has 0 atom stereocenters. The van der Waals surface area contributed by atoms with Crippen LogP contribution in [0.2, 0.25) is 0 Å². The van der Waals surface area contributed by atoms with Crippen molar-refractivity contribution < 1.29 is 4.42 Å². The summed E-state index contributed by atoms with van der Waals surface area (Å²) in [5.41, 5.74) is 0. The fourth-order valence-corrected chi connectivity index (χ4v) is 1.44. The van der Waals surface area contributed by atoms with Crippen molar-refractivity contribution in [3.8, 4) is 0 Å². The molecule has 11 heavy (non-hydrogen) atoms. The van der Waals surface area contributed by atoms with Gasteiger partial charge in [-0.15, -0.1) is 0 Å². The van der Waals surface area contributed by atoms with Gasteiger partial charge in [0.25, 0.3) is 0 Å². The summed E-state index contributed by atoms with van der Waals surface area (Å²) in [4.78, 5) is 4.17. The van der Waals surface area contributed by atoms with E-state index in [1.54, 1.807) is 6.20 Å². The van der Waals surface area contributed by atoms with Crippen molar-refractivity contribution in [1.82, 2.24) is 4.98 Å². The summed E-state index contributed by atoms with van der Waals surface area (Å²) in [6.45, 7) is 1.94. The Hall–Kier alpha value is -0.790. The Morgan fingerprint density at radius 2 is 2.45 bits per heavy atom. The average Bonchev–Trinajstić information content (AvgIpc) is 2.27. The fourth-order valence-electron chi connectivity index (χ4n) is 1.44. The van der Waals surface area contributed by atoms with Crippen molar-refractivity contribution >= 4 is 0 Å². The van der Waals surface area contributed by atoms with Gasteiger partial charge in [0.2, 0.25) is 0 Å². The number of aryl methyl sites for hydroxylation is 1. The second-order valence-corrected chi connectivity index (χ2v) is 3.37. The molecule has 2 nitrogen and oxygen atoms in total. The first-order valence-electron chi connectivity index (χ1n) is 4.26. The molecule has 0 N–H and O–H groups in total. The number of aromatic nitrogens is 1. The van der Waals surface area contributed by atoms with E-state index >= 15 is 0 Å². The number of oxazole rings is 1. The monoisotopic (exact) mass is 151 g/mol. The van der Waals surface area contributed by atoms with Gasteiger partial charge in [0.1, 0.15) is 5.76 Å². The third-order valence-corrected chi connectivity index (χ3v) is 2.36. The molecule has 0 aliphatic heterocycles. The van der Waals surface area contributed by atoms with Crippen molar-refractivity contribution in [3.63, 3.8) is 0 Å². The summed E-state index contributed by atoms with van der Waals surface area (Å²) in [5.74, 6) is 2.71. The van der Waals surface area contributed by atoms with Crippen molar-refractivity contribution in [2.75, 3.05) is 0 Å². The molecule has 1 aliphatic rings. The molecular weight excluding hydrogens is 138 g/mol. The Morgan fingerprint density at radius 1 is 1.64 bits per heavy atom. The van der Waals surface area contributed by atoms with Crippen LogP contribution in [-0.2, 0) is 6.42 Å². The lowest BCUT2D eigenvalue weighted by molar-refractivity contribution is 0.288. The Kier molecular flexibility index (Phi) is 1.68. The van der Waals surface area contributed by atoms with Gasteiger partial charge in [0.05, 0.1) is 6.20 Å². The largest absolute Gasteiger partial charge is 0.446 e. The van der Waals surface area contributed by atoms with E-state index in [2.05, 4.69) is 4.98 Å². The molecule has 0 radical (unpaired) electrons. The molecule has 1 aromatic heterocycles. The lowest BCUT2D eigenvalue weighted by atomic mass is 9.83. The molecule has 0 bridgehead atoms. The van der Waals surface area contributed by atoms with Crippen LogP contribution in [-0.4, -0.2) is 4.98 Å². The molecule has 0 amide bonds. The molecule has 0 unspecified atom stereocenters. The van der Waals surface area contributed by atoms with Gasteiger partial charge in [0, 0.05) is 6.42 Å². The average molecular weight is 151 g/mol. The molecule has 1 aliphatic carbocycles. The maximum atomic E-state index is 5.38. The molecule has 2 rings (SSSR count). The van der Waals surface area contributed by atoms with Crippen molar-refractivity contribution in [2.45, 2.75) is 32.6 Å². The van der Waals surface area contributed by atoms with Gasteiger partial charge in [-0.05, 0) is 25.7 Å². The van der Waals surface area contributed by atoms with Gasteiger partial charge < -0.3 is 4.42 Å². The van der Waals surface area contributed by atoms with E-state index in [4.69, 9.17) is 4.42 Å². The summed E-state index contributed by atoms with van der Waals surface area (Å²) in [7, 11) is 0. The third kappa shape index (κ3) is 1.44. The van der Waals surface area contributed by atoms with E-state index in [0.29, 0.717) is 0 Å². The van der Waals surface area contributed by atoms with Gasteiger partial charge in [-0.25, -0.2) is 4.98 Å². The van der Waals surface area contributed by atoms with Crippen LogP contribution in [0.25, 0.3) is 0 Å². The maximum Gasteiger partial charge on any atom is 0.194 e. The highest BCUT2D eigenvalue weighted by atomic mass is 16.3. The first-order chi connectivity index (χ1) is 5.34. The van der Waals surface area contributed by atoms with Crippen molar-refractivity contribution in [2.24, 2.45) is 5.92 Å². The summed E-state index contributed by atoms with van der Waals surface area (Å²) in [5, 5.41) is 0. The summed E-state index contributed by atoms with van der Waals surface area (Å²) in [6, 6.07) is 0. The molecule has 1 aromatic rings. The normalized spacial score (nSPS) is 18.3. The van der Waals surface area contributed by atoms with E-state index in [1.807, 2.05) is 6.92 Å². The van der Waals surface area contributed by atoms with Crippen LogP contribution in [0.5, 0.6) is 0 Å². The third-order valence-electron chi connectivity index (χ3n) is 2.36. The molecule has 1 fully saturated rings. The Bertz CT molecular complexity index is 237. The standard InChI is InChI=1S/C9H13NO/c1-7-6-10-9(11-7)5-8-3-2-4-8/h6,8H,2-5H2,1H3. The van der Waals surface area contributed by atoms with E-state index in [-0.39, 0.29) is 0 Å². The van der Waals surface area contributed by atoms with Crippen LogP contribution in [0.3, 0.4) is 0 Å². The highest BCUT2D eigenvalue weighted by molar-refractivity contribution is 4.92. The SMILES string of the molecule is Cc1cnc(CC2CCC2)o1. The first-order valence-corrected chi connectivity index (χ1v) is 4.26. The minimum atomic E-state index is 0.855. The van der Waals surface area contributed by atoms with Crippen LogP contribution >= 0.6 is 0 Å². The highest BCUT2D eigenvalue weighted by Crippen LogP contribution is 2.29. The van der Waals surface area contributed by atoms with Crippen LogP contribution in [0, 0.1) is 12.8 Å². The van der Waals surface area contributed by atoms with Gasteiger partial charge in [-0.2, -0.15) is 0 Å². The quantitative estimate of drug-likeness (QED) is 0.648. The van der Waals surface area contributed by atoms with Gasteiger partial charge >= 0.3 is 0 Å². The molecule has 0 saturated heterocycles.